The van der Waals surface area contributed by atoms with Gasteiger partial charge in [-0.1, -0.05) is 176 Å². The number of fused-ring (bicyclic) bond motifs is 11. The Morgan fingerprint density at radius 3 is 1.72 bits per heavy atom. The lowest BCUT2D eigenvalue weighted by Gasteiger charge is -2.42. The summed E-state index contributed by atoms with van der Waals surface area (Å²) >= 11 is 0. The molecule has 0 bridgehead atoms. The van der Waals surface area contributed by atoms with Gasteiger partial charge in [-0.25, -0.2) is 0 Å². The molecule has 1 aliphatic heterocycles. The Kier molecular flexibility index (Phi) is 8.49. The predicted octanol–water partition coefficient (Wildman–Crippen LogP) is 18.0. The maximum atomic E-state index is 2.52. The van der Waals surface area contributed by atoms with E-state index in [0.717, 1.165) is 17.1 Å². The summed E-state index contributed by atoms with van der Waals surface area (Å²) in [5.74, 6) is 0. The van der Waals surface area contributed by atoms with Gasteiger partial charge in [-0.05, 0) is 141 Å². The SMILES string of the molecule is CC12c3ccccc3-c3cccc(c31)N(c1ccc(-c3cccc4c5cc(-c6ccccc6)ccc5n(-c5ccccc5)c34)cc1)c1ccc(-c3cccc4c3c3ccccc3n4-c3ccccc3)cc12. The fourth-order valence-corrected chi connectivity index (χ4v) is 12.6. The molecule has 0 fully saturated rings. The zero-order valence-electron chi connectivity index (χ0n) is 39.1. The Morgan fingerprint density at radius 2 is 0.901 bits per heavy atom. The van der Waals surface area contributed by atoms with Crippen molar-refractivity contribution in [2.45, 2.75) is 12.3 Å². The number of benzene rings is 11. The van der Waals surface area contributed by atoms with Crippen LogP contribution in [0.15, 0.2) is 255 Å². The Labute approximate surface area is 412 Å². The van der Waals surface area contributed by atoms with E-state index in [9.17, 15) is 0 Å². The van der Waals surface area contributed by atoms with Crippen LogP contribution in [0.5, 0.6) is 0 Å². The maximum Gasteiger partial charge on any atom is 0.0619 e. The second-order valence-corrected chi connectivity index (χ2v) is 19.3. The zero-order valence-corrected chi connectivity index (χ0v) is 39.1. The van der Waals surface area contributed by atoms with E-state index in [2.05, 4.69) is 276 Å². The van der Waals surface area contributed by atoms with Crippen molar-refractivity contribution >= 4 is 60.7 Å². The lowest BCUT2D eigenvalue weighted by Crippen LogP contribution is -2.32. The molecule has 0 radical (unpaired) electrons. The van der Waals surface area contributed by atoms with Gasteiger partial charge in [0.25, 0.3) is 0 Å². The van der Waals surface area contributed by atoms with Gasteiger partial charge in [-0.3, -0.25) is 0 Å². The van der Waals surface area contributed by atoms with Crippen molar-refractivity contribution < 1.29 is 0 Å². The highest BCUT2D eigenvalue weighted by atomic mass is 15.2. The second-order valence-electron chi connectivity index (χ2n) is 19.3. The number of rotatable bonds is 6. The molecule has 0 spiro atoms. The van der Waals surface area contributed by atoms with E-state index < -0.39 is 0 Å². The molecule has 1 aliphatic carbocycles. The van der Waals surface area contributed by atoms with Crippen LogP contribution in [0.25, 0.3) is 99.5 Å². The van der Waals surface area contributed by atoms with Crippen LogP contribution in [-0.2, 0) is 5.41 Å². The number of nitrogens with zero attached hydrogens (tertiary/aromatic N) is 3. The van der Waals surface area contributed by atoms with Crippen LogP contribution in [0.2, 0.25) is 0 Å². The predicted molar refractivity (Wildman–Crippen MR) is 297 cm³/mol. The molecule has 0 saturated heterocycles. The van der Waals surface area contributed by atoms with Crippen molar-refractivity contribution in [2.75, 3.05) is 4.90 Å². The van der Waals surface area contributed by atoms with Crippen LogP contribution in [0.3, 0.4) is 0 Å². The van der Waals surface area contributed by atoms with E-state index in [0.29, 0.717) is 0 Å². The number of hydrogen-bond acceptors (Lipinski definition) is 1. The van der Waals surface area contributed by atoms with Crippen LogP contribution in [0.4, 0.5) is 17.1 Å². The van der Waals surface area contributed by atoms with Crippen molar-refractivity contribution in [1.82, 2.24) is 9.13 Å². The van der Waals surface area contributed by atoms with Crippen molar-refractivity contribution in [1.29, 1.82) is 0 Å². The molecule has 332 valence electrons. The van der Waals surface area contributed by atoms with Gasteiger partial charge in [0.15, 0.2) is 0 Å². The van der Waals surface area contributed by atoms with Crippen LogP contribution < -0.4 is 4.90 Å². The summed E-state index contributed by atoms with van der Waals surface area (Å²) in [4.78, 5) is 2.52. The van der Waals surface area contributed by atoms with E-state index in [1.165, 1.54) is 116 Å². The molecule has 71 heavy (non-hydrogen) atoms. The number of aromatic nitrogens is 2. The fraction of sp³-hybridized carbons (Fsp3) is 0.0294. The third-order valence-electron chi connectivity index (χ3n) is 15.7. The molecule has 15 rings (SSSR count). The largest absolute Gasteiger partial charge is 0.310 e. The zero-order chi connectivity index (χ0) is 46.8. The quantitative estimate of drug-likeness (QED) is 0.162. The average molecular weight is 904 g/mol. The molecular weight excluding hydrogens is 859 g/mol. The Hall–Kier alpha value is -9.18. The standard InChI is InChI=1S/C68H45N3/c1-68-58-30-13-11-24-53(58)54-28-17-33-64(66(54)68)70(62-41-37-47(43-59(62)68)51-26-16-32-63-65(51)56-25-12-14-31-60(56)69(63)48-20-7-3-8-21-48)50-38-34-45(35-39-50)52-27-15-29-55-57-42-46(44-18-5-2-6-19-44)36-40-61(57)71(67(52)55)49-22-9-4-10-23-49/h2-43H,1H3. The molecular formula is C68H45N3. The van der Waals surface area contributed by atoms with Crippen molar-refractivity contribution in [2.24, 2.45) is 0 Å². The molecule has 11 aromatic carbocycles. The smallest absolute Gasteiger partial charge is 0.0619 e. The third kappa shape index (κ3) is 5.66. The minimum Gasteiger partial charge on any atom is -0.310 e. The molecule has 1 atom stereocenters. The third-order valence-corrected chi connectivity index (χ3v) is 15.7. The van der Waals surface area contributed by atoms with Crippen molar-refractivity contribution in [3.63, 3.8) is 0 Å². The summed E-state index contributed by atoms with van der Waals surface area (Å²) in [6, 6.07) is 94.2. The van der Waals surface area contributed by atoms with E-state index in [4.69, 9.17) is 0 Å². The molecule has 2 aliphatic rings. The highest BCUT2D eigenvalue weighted by Gasteiger charge is 2.48. The lowest BCUT2D eigenvalue weighted by atomic mass is 9.70. The molecule has 0 amide bonds. The highest BCUT2D eigenvalue weighted by molar-refractivity contribution is 6.17. The van der Waals surface area contributed by atoms with E-state index >= 15 is 0 Å². The van der Waals surface area contributed by atoms with Crippen LogP contribution in [0.1, 0.15) is 23.6 Å². The molecule has 3 heteroatoms. The Bertz CT molecular complexity index is 4280. The highest BCUT2D eigenvalue weighted by Crippen LogP contribution is 2.62. The molecule has 13 aromatic rings. The van der Waals surface area contributed by atoms with Gasteiger partial charge in [-0.15, -0.1) is 0 Å². The van der Waals surface area contributed by atoms with E-state index in [-0.39, 0.29) is 5.41 Å². The first-order valence-electron chi connectivity index (χ1n) is 24.7. The first-order valence-corrected chi connectivity index (χ1v) is 24.7. The van der Waals surface area contributed by atoms with Gasteiger partial charge in [-0.2, -0.15) is 0 Å². The molecule has 1 unspecified atom stereocenters. The van der Waals surface area contributed by atoms with Crippen molar-refractivity contribution in [3.05, 3.63) is 271 Å². The van der Waals surface area contributed by atoms with Gasteiger partial charge in [0.1, 0.15) is 0 Å². The number of para-hydroxylation sites is 4. The van der Waals surface area contributed by atoms with E-state index in [1.54, 1.807) is 0 Å². The summed E-state index contributed by atoms with van der Waals surface area (Å²) in [7, 11) is 0. The topological polar surface area (TPSA) is 13.1 Å². The molecule has 0 saturated carbocycles. The number of anilines is 3. The Morgan fingerprint density at radius 1 is 0.310 bits per heavy atom. The lowest BCUT2D eigenvalue weighted by molar-refractivity contribution is 0.702. The Balaban J connectivity index is 0.916. The summed E-state index contributed by atoms with van der Waals surface area (Å²) in [5.41, 5.74) is 24.2. The van der Waals surface area contributed by atoms with Crippen LogP contribution in [-0.4, -0.2) is 9.13 Å². The fourth-order valence-electron chi connectivity index (χ4n) is 12.6. The molecule has 3 heterocycles. The summed E-state index contributed by atoms with van der Waals surface area (Å²) in [6.07, 6.45) is 0. The normalized spacial score (nSPS) is 14.6. The first-order chi connectivity index (χ1) is 35.1. The van der Waals surface area contributed by atoms with Gasteiger partial charge >= 0.3 is 0 Å². The average Bonchev–Trinajstić information content (AvgIpc) is 4.07. The van der Waals surface area contributed by atoms with Gasteiger partial charge in [0.05, 0.1) is 33.4 Å². The molecule has 3 nitrogen and oxygen atoms in total. The monoisotopic (exact) mass is 903 g/mol. The molecule has 0 N–H and O–H groups in total. The van der Waals surface area contributed by atoms with E-state index in [1.807, 2.05) is 0 Å². The van der Waals surface area contributed by atoms with Crippen molar-refractivity contribution in [3.8, 4) is 55.9 Å². The van der Waals surface area contributed by atoms with Gasteiger partial charge in [0, 0.05) is 49.6 Å². The first kappa shape index (κ1) is 39.8. The van der Waals surface area contributed by atoms with Crippen LogP contribution >= 0.6 is 0 Å². The summed E-state index contributed by atoms with van der Waals surface area (Å²) in [5, 5.41) is 5.01. The molecule has 2 aromatic heterocycles. The van der Waals surface area contributed by atoms with Crippen LogP contribution in [0, 0.1) is 0 Å². The summed E-state index contributed by atoms with van der Waals surface area (Å²) in [6.45, 7) is 2.46. The minimum absolute atomic E-state index is 0.378. The van der Waals surface area contributed by atoms with Gasteiger partial charge in [0.2, 0.25) is 0 Å². The minimum atomic E-state index is -0.378. The summed E-state index contributed by atoms with van der Waals surface area (Å²) < 4.78 is 4.87. The van der Waals surface area contributed by atoms with Gasteiger partial charge < -0.3 is 14.0 Å². The maximum absolute atomic E-state index is 2.52. The number of hydrogen-bond donors (Lipinski definition) is 0. The second kappa shape index (κ2) is 15.2.